The first-order valence-electron chi connectivity index (χ1n) is 16.8. The third-order valence-electron chi connectivity index (χ3n) is 9.43. The van der Waals surface area contributed by atoms with E-state index >= 15 is 8.78 Å². The minimum Gasteiger partial charge on any atom is -0.381 e. The first-order chi connectivity index (χ1) is 26.2. The Morgan fingerprint density at radius 2 is 1.77 bits per heavy atom. The quantitative estimate of drug-likeness (QED) is 0.0856. The van der Waals surface area contributed by atoms with Crippen molar-refractivity contribution in [1.82, 2.24) is 29.9 Å². The molecule has 3 aromatic heterocycles. The molecule has 0 unspecified atom stereocenters. The number of halogens is 7. The van der Waals surface area contributed by atoms with Gasteiger partial charge in [0.05, 0.1) is 39.8 Å². The van der Waals surface area contributed by atoms with Gasteiger partial charge in [-0.25, -0.2) is 31.0 Å². The van der Waals surface area contributed by atoms with E-state index in [4.69, 9.17) is 11.6 Å². The minimum absolute atomic E-state index is 0.0182. The highest BCUT2D eigenvalue weighted by atomic mass is 35.5. The van der Waals surface area contributed by atoms with Gasteiger partial charge in [-0.15, -0.1) is 0 Å². The number of carbonyl (C=O) groups excluding carboxylic acids is 1. The fourth-order valence-electron chi connectivity index (χ4n) is 7.30. The number of carbonyl (C=O) groups is 1. The van der Waals surface area contributed by atoms with Gasteiger partial charge in [0.2, 0.25) is 15.9 Å². The molecule has 1 amide bonds. The number of hydrogen-bond acceptors (Lipinski definition) is 7. The molecule has 0 saturated heterocycles. The van der Waals surface area contributed by atoms with Crippen molar-refractivity contribution in [3.05, 3.63) is 105 Å². The molecule has 19 heteroatoms. The summed E-state index contributed by atoms with van der Waals surface area (Å²) < 4.78 is 117. The third kappa shape index (κ3) is 7.10. The molecule has 292 valence electrons. The van der Waals surface area contributed by atoms with Crippen molar-refractivity contribution in [1.29, 1.82) is 0 Å². The van der Waals surface area contributed by atoms with Crippen molar-refractivity contribution in [2.45, 2.75) is 50.3 Å². The average Bonchev–Trinajstić information content (AvgIpc) is 3.31. The Kier molecular flexibility index (Phi) is 9.70. The van der Waals surface area contributed by atoms with E-state index in [-0.39, 0.29) is 56.3 Å². The number of anilines is 1. The summed E-state index contributed by atoms with van der Waals surface area (Å²) in [5.74, 6) is -3.76. The smallest absolute Gasteiger partial charge is 0.297 e. The number of aliphatic hydroxyl groups is 1. The number of nitrogens with one attached hydrogen (secondary N) is 2. The van der Waals surface area contributed by atoms with Crippen molar-refractivity contribution in [2.75, 3.05) is 11.0 Å². The zero-order valence-corrected chi connectivity index (χ0v) is 31.1. The second-order valence-electron chi connectivity index (χ2n) is 13.6. The van der Waals surface area contributed by atoms with Crippen LogP contribution in [0, 0.1) is 29.4 Å². The van der Waals surface area contributed by atoms with Crippen LogP contribution in [0.15, 0.2) is 54.6 Å². The number of aryl methyl sites for hydroxylation is 1. The molecule has 3 N–H and O–H groups in total. The standard InChI is InChI=1S/C37H30ClF6N7O4S/c1-16(52)5-6-21-7-8-22(23-9-10-24(38)28-33(23)50(3)48-36(28)49-56(4,54)55)31(45-21)25(13-18-11-19(39)14-20(40)12-18)46-26(53)15-51-34-29(32(47-51)35(41)42)27-17(2)30(27)37(34,43)44/h7-12,14,16,25,27,30,35,52H,2,13,15H2,1,3-4H3,(H,46,53)(H,48,49)/t16-,25-,27+,30+/m0/s1. The first kappa shape index (κ1) is 38.9. The summed E-state index contributed by atoms with van der Waals surface area (Å²) in [6.45, 7) is 4.04. The molecule has 0 bridgehead atoms. The normalized spacial score (nSPS) is 18.0. The van der Waals surface area contributed by atoms with Crippen LogP contribution in [-0.2, 0) is 40.8 Å². The monoisotopic (exact) mass is 817 g/mol. The summed E-state index contributed by atoms with van der Waals surface area (Å²) in [7, 11) is -2.31. The minimum atomic E-state index is -3.83. The van der Waals surface area contributed by atoms with Crippen LogP contribution in [0.4, 0.5) is 32.2 Å². The Morgan fingerprint density at radius 1 is 1.09 bits per heavy atom. The molecule has 0 aliphatic heterocycles. The van der Waals surface area contributed by atoms with Crippen molar-refractivity contribution in [3.63, 3.8) is 0 Å². The Bertz CT molecular complexity index is 2630. The molecule has 1 fully saturated rings. The lowest BCUT2D eigenvalue weighted by Crippen LogP contribution is -2.35. The SMILES string of the molecule is C=C1[C@@H]2c3c(C(F)F)nn(CC(=O)N[C@@H](Cc4cc(F)cc(F)c4)c4nc(C#C[C@H](C)O)ccc4-c4ccc(Cl)c5c(NS(C)(=O)=O)nn(C)c45)c3C(F)(F)[C@H]12. The molecule has 0 spiro atoms. The van der Waals surface area contributed by atoms with Crippen molar-refractivity contribution >= 4 is 44.3 Å². The van der Waals surface area contributed by atoms with E-state index < -0.39 is 81.8 Å². The molecule has 11 nitrogen and oxygen atoms in total. The lowest BCUT2D eigenvalue weighted by Gasteiger charge is -2.23. The molecule has 2 aromatic carbocycles. The molecule has 3 heterocycles. The first-order valence-corrected chi connectivity index (χ1v) is 19.1. The van der Waals surface area contributed by atoms with Crippen LogP contribution < -0.4 is 10.0 Å². The van der Waals surface area contributed by atoms with E-state index in [2.05, 4.69) is 43.6 Å². The van der Waals surface area contributed by atoms with Crippen molar-refractivity contribution in [3.8, 4) is 23.0 Å². The second kappa shape index (κ2) is 14.0. The third-order valence-corrected chi connectivity index (χ3v) is 10.3. The van der Waals surface area contributed by atoms with Crippen LogP contribution in [0.2, 0.25) is 5.02 Å². The molecular weight excluding hydrogens is 788 g/mol. The number of alkyl halides is 4. The van der Waals surface area contributed by atoms with Gasteiger partial charge in [0.25, 0.3) is 12.3 Å². The van der Waals surface area contributed by atoms with Crippen molar-refractivity contribution in [2.24, 2.45) is 13.0 Å². The maximum atomic E-state index is 15.5. The van der Waals surface area contributed by atoms with E-state index in [9.17, 15) is 35.9 Å². The highest BCUT2D eigenvalue weighted by Gasteiger charge is 2.70. The van der Waals surface area contributed by atoms with Gasteiger partial charge in [0, 0.05) is 35.7 Å². The molecule has 0 radical (unpaired) electrons. The van der Waals surface area contributed by atoms with E-state index in [1.807, 2.05) is 0 Å². The number of allylic oxidation sites excluding steroid dienone is 1. The van der Waals surface area contributed by atoms with Crippen molar-refractivity contribution < 1.29 is 44.7 Å². The predicted octanol–water partition coefficient (Wildman–Crippen LogP) is 6.28. The van der Waals surface area contributed by atoms with E-state index in [0.29, 0.717) is 21.8 Å². The summed E-state index contributed by atoms with van der Waals surface area (Å²) >= 11 is 6.56. The van der Waals surface area contributed by atoms with Crippen LogP contribution in [0.3, 0.4) is 0 Å². The molecule has 4 atom stereocenters. The van der Waals surface area contributed by atoms with Crippen LogP contribution in [0.25, 0.3) is 22.0 Å². The number of nitrogens with zero attached hydrogens (tertiary/aromatic N) is 5. The highest BCUT2D eigenvalue weighted by Crippen LogP contribution is 2.71. The lowest BCUT2D eigenvalue weighted by molar-refractivity contribution is -0.122. The molecule has 1 saturated carbocycles. The van der Waals surface area contributed by atoms with E-state index in [1.165, 1.54) is 30.8 Å². The van der Waals surface area contributed by atoms with Gasteiger partial charge in [-0.05, 0) is 55.2 Å². The van der Waals surface area contributed by atoms with Gasteiger partial charge in [-0.2, -0.15) is 19.0 Å². The summed E-state index contributed by atoms with van der Waals surface area (Å²) in [5, 5.41) is 20.9. The zero-order valence-electron chi connectivity index (χ0n) is 29.5. The number of amides is 1. The Morgan fingerprint density at radius 3 is 2.41 bits per heavy atom. The highest BCUT2D eigenvalue weighted by molar-refractivity contribution is 7.92. The molecule has 2 aliphatic carbocycles. The van der Waals surface area contributed by atoms with Crippen LogP contribution in [-0.4, -0.2) is 56.3 Å². The number of hydrogen-bond donors (Lipinski definition) is 3. The number of fused-ring (bicyclic) bond motifs is 4. The number of benzene rings is 2. The largest absolute Gasteiger partial charge is 0.381 e. The van der Waals surface area contributed by atoms with Crippen LogP contribution in [0.5, 0.6) is 0 Å². The lowest BCUT2D eigenvalue weighted by atomic mass is 9.93. The van der Waals surface area contributed by atoms with E-state index in [1.54, 1.807) is 12.1 Å². The van der Waals surface area contributed by atoms with Gasteiger partial charge < -0.3 is 10.4 Å². The van der Waals surface area contributed by atoms with Gasteiger partial charge in [0.15, 0.2) is 5.82 Å². The second-order valence-corrected chi connectivity index (χ2v) is 15.8. The molecular formula is C37H30ClF6N7O4S. The topological polar surface area (TPSA) is 144 Å². The fraction of sp³-hybridized carbons (Fsp3) is 0.297. The van der Waals surface area contributed by atoms with Crippen LogP contribution in [0.1, 0.15) is 59.2 Å². The van der Waals surface area contributed by atoms with Crippen LogP contribution >= 0.6 is 11.6 Å². The molecule has 5 aromatic rings. The van der Waals surface area contributed by atoms with Gasteiger partial charge >= 0.3 is 0 Å². The maximum absolute atomic E-state index is 15.5. The average molecular weight is 818 g/mol. The zero-order chi connectivity index (χ0) is 40.6. The number of aromatic nitrogens is 5. The Hall–Kier alpha value is -5.38. The summed E-state index contributed by atoms with van der Waals surface area (Å²) in [4.78, 5) is 18.6. The fourth-order valence-corrected chi connectivity index (χ4v) is 8.04. The molecule has 56 heavy (non-hydrogen) atoms. The molecule has 2 aliphatic rings. The van der Waals surface area contributed by atoms with E-state index in [0.717, 1.165) is 18.4 Å². The Labute approximate surface area is 320 Å². The predicted molar refractivity (Wildman–Crippen MR) is 193 cm³/mol. The number of pyridine rings is 1. The van der Waals surface area contributed by atoms with Gasteiger partial charge in [0.1, 0.15) is 41.4 Å². The summed E-state index contributed by atoms with van der Waals surface area (Å²) in [6.07, 6.45) is -3.72. The van der Waals surface area contributed by atoms with Gasteiger partial charge in [-0.1, -0.05) is 35.7 Å². The Balaban J connectivity index is 1.38. The summed E-state index contributed by atoms with van der Waals surface area (Å²) in [5.41, 5.74) is -0.938. The molecule has 7 rings (SSSR count). The maximum Gasteiger partial charge on any atom is 0.297 e. The van der Waals surface area contributed by atoms with Gasteiger partial charge in [-0.3, -0.25) is 18.9 Å². The number of sulfonamides is 1. The number of rotatable bonds is 10. The summed E-state index contributed by atoms with van der Waals surface area (Å²) in [6, 6.07) is 7.41. The number of aliphatic hydroxyl groups excluding tert-OH is 1.